The molecule has 0 aliphatic carbocycles. The fourth-order valence-corrected chi connectivity index (χ4v) is 2.45. The minimum absolute atomic E-state index is 0.244. The lowest BCUT2D eigenvalue weighted by atomic mass is 10.1. The molecule has 0 radical (unpaired) electrons. The molecule has 0 aliphatic heterocycles. The van der Waals surface area contributed by atoms with E-state index in [0.29, 0.717) is 23.2 Å². The van der Waals surface area contributed by atoms with Crippen LogP contribution in [0.25, 0.3) is 22.2 Å². The van der Waals surface area contributed by atoms with Gasteiger partial charge in [-0.15, -0.1) is 0 Å². The predicted octanol–water partition coefficient (Wildman–Crippen LogP) is 2.50. The van der Waals surface area contributed by atoms with Gasteiger partial charge in [0.05, 0.1) is 10.9 Å². The minimum atomic E-state index is -0.717. The highest BCUT2D eigenvalue weighted by molar-refractivity contribution is 6.00. The molecular formula is C19H17N3O5. The first-order chi connectivity index (χ1) is 13.1. The van der Waals surface area contributed by atoms with E-state index in [0.717, 1.165) is 5.56 Å². The van der Waals surface area contributed by atoms with Crippen molar-refractivity contribution in [2.24, 2.45) is 0 Å². The first-order valence-corrected chi connectivity index (χ1v) is 8.28. The van der Waals surface area contributed by atoms with Gasteiger partial charge in [0.25, 0.3) is 5.91 Å². The van der Waals surface area contributed by atoms with E-state index >= 15 is 0 Å². The Morgan fingerprint density at radius 2 is 1.89 bits per heavy atom. The molecule has 0 fully saturated rings. The van der Waals surface area contributed by atoms with E-state index in [2.05, 4.69) is 15.8 Å². The number of nitrogens with one attached hydrogen (secondary N) is 2. The van der Waals surface area contributed by atoms with Crippen molar-refractivity contribution in [2.45, 2.75) is 6.92 Å². The van der Waals surface area contributed by atoms with Gasteiger partial charge in [0.1, 0.15) is 5.52 Å². The van der Waals surface area contributed by atoms with Gasteiger partial charge in [0.15, 0.2) is 12.4 Å². The number of hydrogen-bond donors (Lipinski definition) is 2. The molecule has 3 aromatic rings. The van der Waals surface area contributed by atoms with E-state index in [9.17, 15) is 14.4 Å². The third kappa shape index (κ3) is 4.30. The SMILES string of the molecule is CCNC(=O)NC(=O)COC(=O)c1ccc2noc(-c3ccccc3)c2c1. The molecule has 8 heteroatoms. The normalized spacial score (nSPS) is 10.4. The van der Waals surface area contributed by atoms with Gasteiger partial charge < -0.3 is 14.6 Å². The number of aromatic nitrogens is 1. The highest BCUT2D eigenvalue weighted by Gasteiger charge is 2.16. The van der Waals surface area contributed by atoms with Crippen LogP contribution < -0.4 is 10.6 Å². The summed E-state index contributed by atoms with van der Waals surface area (Å²) in [4.78, 5) is 35.1. The summed E-state index contributed by atoms with van der Waals surface area (Å²) in [5.41, 5.74) is 1.67. The van der Waals surface area contributed by atoms with Crippen LogP contribution in [0.15, 0.2) is 53.1 Å². The molecule has 1 heterocycles. The Bertz CT molecular complexity index is 981. The quantitative estimate of drug-likeness (QED) is 0.671. The van der Waals surface area contributed by atoms with E-state index in [1.807, 2.05) is 30.3 Å². The predicted molar refractivity (Wildman–Crippen MR) is 96.9 cm³/mol. The van der Waals surface area contributed by atoms with E-state index < -0.39 is 24.5 Å². The molecule has 3 amide bonds. The molecule has 0 unspecified atom stereocenters. The molecule has 0 bridgehead atoms. The fourth-order valence-electron chi connectivity index (χ4n) is 2.45. The van der Waals surface area contributed by atoms with Crippen LogP contribution in [0.3, 0.4) is 0 Å². The van der Waals surface area contributed by atoms with E-state index in [-0.39, 0.29) is 5.56 Å². The number of nitrogens with zero attached hydrogens (tertiary/aromatic N) is 1. The van der Waals surface area contributed by atoms with Gasteiger partial charge in [-0.05, 0) is 25.1 Å². The van der Waals surface area contributed by atoms with Crippen LogP contribution in [0, 0.1) is 0 Å². The Morgan fingerprint density at radius 1 is 1.11 bits per heavy atom. The molecule has 0 saturated heterocycles. The van der Waals surface area contributed by atoms with Crippen LogP contribution in [0.1, 0.15) is 17.3 Å². The summed E-state index contributed by atoms with van der Waals surface area (Å²) in [6.07, 6.45) is 0. The van der Waals surface area contributed by atoms with Crippen LogP contribution in [0.4, 0.5) is 4.79 Å². The van der Waals surface area contributed by atoms with Crippen molar-refractivity contribution in [2.75, 3.05) is 13.2 Å². The highest BCUT2D eigenvalue weighted by Crippen LogP contribution is 2.29. The lowest BCUT2D eigenvalue weighted by molar-refractivity contribution is -0.123. The summed E-state index contributed by atoms with van der Waals surface area (Å²) in [7, 11) is 0. The van der Waals surface area contributed by atoms with Gasteiger partial charge in [-0.2, -0.15) is 0 Å². The van der Waals surface area contributed by atoms with Crippen molar-refractivity contribution in [1.82, 2.24) is 15.8 Å². The maximum Gasteiger partial charge on any atom is 0.338 e. The number of urea groups is 1. The number of rotatable bonds is 5. The maximum atomic E-state index is 12.2. The number of ether oxygens (including phenoxy) is 1. The summed E-state index contributed by atoms with van der Waals surface area (Å²) >= 11 is 0. The molecule has 2 aromatic carbocycles. The average molecular weight is 367 g/mol. The Hall–Kier alpha value is -3.68. The molecule has 138 valence electrons. The topological polar surface area (TPSA) is 111 Å². The third-order valence-electron chi connectivity index (χ3n) is 3.67. The van der Waals surface area contributed by atoms with Gasteiger partial charge in [0, 0.05) is 12.1 Å². The number of benzene rings is 2. The Balaban J connectivity index is 1.72. The second-order valence-corrected chi connectivity index (χ2v) is 5.59. The molecule has 8 nitrogen and oxygen atoms in total. The second-order valence-electron chi connectivity index (χ2n) is 5.59. The molecule has 0 spiro atoms. The zero-order chi connectivity index (χ0) is 19.2. The standard InChI is InChI=1S/C19H17N3O5/c1-2-20-19(25)21-16(23)11-26-18(24)13-8-9-15-14(10-13)17(27-22-15)12-6-4-3-5-7-12/h3-10H,2,11H2,1H3,(H2,20,21,23,25). The zero-order valence-corrected chi connectivity index (χ0v) is 14.5. The smallest absolute Gasteiger partial charge is 0.338 e. The molecule has 27 heavy (non-hydrogen) atoms. The Kier molecular flexibility index (Phi) is 5.46. The molecule has 3 rings (SSSR count). The fraction of sp³-hybridized carbons (Fsp3) is 0.158. The molecule has 2 N–H and O–H groups in total. The van der Waals surface area contributed by atoms with Crippen molar-refractivity contribution in [1.29, 1.82) is 0 Å². The molecular weight excluding hydrogens is 350 g/mol. The second kappa shape index (κ2) is 8.13. The maximum absolute atomic E-state index is 12.2. The molecule has 0 atom stereocenters. The molecule has 0 saturated carbocycles. The summed E-state index contributed by atoms with van der Waals surface area (Å²) in [6, 6.07) is 13.5. The molecule has 1 aromatic heterocycles. The molecule has 0 aliphatic rings. The monoisotopic (exact) mass is 367 g/mol. The minimum Gasteiger partial charge on any atom is -0.452 e. The van der Waals surface area contributed by atoms with Crippen LogP contribution >= 0.6 is 0 Å². The van der Waals surface area contributed by atoms with Crippen molar-refractivity contribution < 1.29 is 23.6 Å². The van der Waals surface area contributed by atoms with Gasteiger partial charge in [0.2, 0.25) is 0 Å². The van der Waals surface area contributed by atoms with Crippen LogP contribution in [-0.2, 0) is 9.53 Å². The van der Waals surface area contributed by atoms with Gasteiger partial charge >= 0.3 is 12.0 Å². The number of imide groups is 1. The summed E-state index contributed by atoms with van der Waals surface area (Å²) in [5.74, 6) is -0.872. The zero-order valence-electron chi connectivity index (χ0n) is 14.5. The Labute approximate surface area is 154 Å². The van der Waals surface area contributed by atoms with E-state index in [1.165, 1.54) is 6.07 Å². The van der Waals surface area contributed by atoms with Gasteiger partial charge in [-0.25, -0.2) is 9.59 Å². The largest absolute Gasteiger partial charge is 0.452 e. The number of fused-ring (bicyclic) bond motifs is 1. The number of carbonyl (C=O) groups excluding carboxylic acids is 3. The van der Waals surface area contributed by atoms with Crippen LogP contribution in [0.2, 0.25) is 0 Å². The van der Waals surface area contributed by atoms with Crippen molar-refractivity contribution in [3.05, 3.63) is 54.1 Å². The average Bonchev–Trinajstić information content (AvgIpc) is 3.10. The van der Waals surface area contributed by atoms with Crippen LogP contribution in [-0.4, -0.2) is 36.2 Å². The third-order valence-corrected chi connectivity index (χ3v) is 3.67. The lowest BCUT2D eigenvalue weighted by Crippen LogP contribution is -2.41. The summed E-state index contributed by atoms with van der Waals surface area (Å²) < 4.78 is 10.3. The lowest BCUT2D eigenvalue weighted by Gasteiger charge is -2.06. The number of hydrogen-bond acceptors (Lipinski definition) is 6. The summed E-state index contributed by atoms with van der Waals surface area (Å²) in [5, 5.41) is 9.10. The van der Waals surface area contributed by atoms with Crippen LogP contribution in [0.5, 0.6) is 0 Å². The number of amides is 3. The van der Waals surface area contributed by atoms with Crippen molar-refractivity contribution in [3.8, 4) is 11.3 Å². The van der Waals surface area contributed by atoms with E-state index in [4.69, 9.17) is 9.26 Å². The van der Waals surface area contributed by atoms with Gasteiger partial charge in [-0.1, -0.05) is 35.5 Å². The van der Waals surface area contributed by atoms with E-state index in [1.54, 1.807) is 19.1 Å². The van der Waals surface area contributed by atoms with Gasteiger partial charge in [-0.3, -0.25) is 10.1 Å². The first-order valence-electron chi connectivity index (χ1n) is 8.28. The summed E-state index contributed by atoms with van der Waals surface area (Å²) in [6.45, 7) is 1.53. The first kappa shape index (κ1) is 18.1. The van der Waals surface area contributed by atoms with Crippen molar-refractivity contribution >= 4 is 28.8 Å². The Morgan fingerprint density at radius 3 is 2.63 bits per heavy atom. The van der Waals surface area contributed by atoms with Crippen molar-refractivity contribution in [3.63, 3.8) is 0 Å². The highest BCUT2D eigenvalue weighted by atomic mass is 16.5. The number of carbonyl (C=O) groups is 3. The number of esters is 1.